The second kappa shape index (κ2) is 6.57. The fourth-order valence-electron chi connectivity index (χ4n) is 1.97. The van der Waals surface area contributed by atoms with Crippen molar-refractivity contribution in [2.24, 2.45) is 5.41 Å². The number of benzene rings is 1. The molecule has 0 amide bonds. The minimum absolute atomic E-state index is 0.0161. The van der Waals surface area contributed by atoms with E-state index in [2.05, 4.69) is 19.2 Å². The van der Waals surface area contributed by atoms with E-state index in [1.807, 2.05) is 13.0 Å². The van der Waals surface area contributed by atoms with Gasteiger partial charge < -0.3 is 15.5 Å². The number of nitrogens with one attached hydrogen (secondary N) is 1. The molecular formula is C15H23NO3. The smallest absolute Gasteiger partial charge is 0.337 e. The third-order valence-electron chi connectivity index (χ3n) is 3.17. The van der Waals surface area contributed by atoms with Gasteiger partial charge >= 0.3 is 5.97 Å². The summed E-state index contributed by atoms with van der Waals surface area (Å²) in [6.07, 6.45) is 1.65. The van der Waals surface area contributed by atoms with Gasteiger partial charge in [-0.05, 0) is 42.9 Å². The van der Waals surface area contributed by atoms with Crippen LogP contribution >= 0.6 is 0 Å². The van der Waals surface area contributed by atoms with Gasteiger partial charge in [-0.1, -0.05) is 19.9 Å². The van der Waals surface area contributed by atoms with Crippen LogP contribution in [0, 0.1) is 12.3 Å². The third kappa shape index (κ3) is 4.91. The van der Waals surface area contributed by atoms with E-state index in [1.54, 1.807) is 12.1 Å². The molecule has 19 heavy (non-hydrogen) atoms. The molecule has 0 spiro atoms. The van der Waals surface area contributed by atoms with Gasteiger partial charge in [0.1, 0.15) is 0 Å². The van der Waals surface area contributed by atoms with Crippen molar-refractivity contribution in [3.05, 3.63) is 29.3 Å². The summed E-state index contributed by atoms with van der Waals surface area (Å²) in [5, 5.41) is 21.2. The predicted octanol–water partition coefficient (Wildman–Crippen LogP) is 2.90. The highest BCUT2D eigenvalue weighted by molar-refractivity contribution is 5.94. The molecule has 0 aliphatic heterocycles. The first-order valence-corrected chi connectivity index (χ1v) is 6.54. The van der Waals surface area contributed by atoms with E-state index in [0.717, 1.165) is 18.4 Å². The van der Waals surface area contributed by atoms with Crippen molar-refractivity contribution < 1.29 is 15.0 Å². The van der Waals surface area contributed by atoms with E-state index in [1.165, 1.54) is 0 Å². The average Bonchev–Trinajstić information content (AvgIpc) is 2.34. The van der Waals surface area contributed by atoms with Gasteiger partial charge in [0.2, 0.25) is 0 Å². The highest BCUT2D eigenvalue weighted by Crippen LogP contribution is 2.25. The van der Waals surface area contributed by atoms with Gasteiger partial charge in [-0.25, -0.2) is 4.79 Å². The molecule has 0 unspecified atom stereocenters. The van der Waals surface area contributed by atoms with E-state index in [9.17, 15) is 4.79 Å². The van der Waals surface area contributed by atoms with Gasteiger partial charge in [-0.15, -0.1) is 0 Å². The molecule has 0 bridgehead atoms. The molecule has 0 saturated heterocycles. The number of anilines is 1. The molecule has 0 aliphatic rings. The summed E-state index contributed by atoms with van der Waals surface area (Å²) < 4.78 is 0. The molecule has 0 radical (unpaired) electrons. The lowest BCUT2D eigenvalue weighted by atomic mass is 9.87. The van der Waals surface area contributed by atoms with Crippen LogP contribution in [0.3, 0.4) is 0 Å². The highest BCUT2D eigenvalue weighted by atomic mass is 16.4. The van der Waals surface area contributed by atoms with Crippen LogP contribution in [0.5, 0.6) is 0 Å². The Bertz CT molecular complexity index is 441. The normalized spacial score (nSPS) is 11.4. The quantitative estimate of drug-likeness (QED) is 0.709. The maximum Gasteiger partial charge on any atom is 0.337 e. The fourth-order valence-corrected chi connectivity index (χ4v) is 1.97. The molecule has 0 aliphatic carbocycles. The van der Waals surface area contributed by atoms with Crippen molar-refractivity contribution in [2.45, 2.75) is 33.6 Å². The van der Waals surface area contributed by atoms with Crippen LogP contribution in [0.15, 0.2) is 18.2 Å². The van der Waals surface area contributed by atoms with Gasteiger partial charge in [0.05, 0.1) is 5.56 Å². The Balaban J connectivity index is 2.76. The van der Waals surface area contributed by atoms with Crippen LogP contribution < -0.4 is 5.32 Å². The highest BCUT2D eigenvalue weighted by Gasteiger charge is 2.18. The lowest BCUT2D eigenvalue weighted by Crippen LogP contribution is -2.24. The molecule has 1 aromatic carbocycles. The van der Waals surface area contributed by atoms with Gasteiger partial charge in [0.25, 0.3) is 0 Å². The lowest BCUT2D eigenvalue weighted by molar-refractivity contribution is 0.0698. The molecule has 1 rings (SSSR count). The molecule has 0 fully saturated rings. The summed E-state index contributed by atoms with van der Waals surface area (Å²) >= 11 is 0. The Labute approximate surface area is 114 Å². The number of carboxylic acid groups (broad SMARTS) is 1. The topological polar surface area (TPSA) is 69.6 Å². The van der Waals surface area contributed by atoms with E-state index < -0.39 is 5.97 Å². The number of carbonyl (C=O) groups is 1. The van der Waals surface area contributed by atoms with E-state index in [0.29, 0.717) is 17.8 Å². The number of aliphatic hydroxyl groups excluding tert-OH is 1. The fraction of sp³-hybridized carbons (Fsp3) is 0.533. The number of aryl methyl sites for hydroxylation is 1. The number of aliphatic hydroxyl groups is 1. The lowest BCUT2D eigenvalue weighted by Gasteiger charge is -2.25. The Kier molecular flexibility index (Phi) is 5.36. The Hall–Kier alpha value is -1.55. The summed E-state index contributed by atoms with van der Waals surface area (Å²) in [5.74, 6) is -0.921. The molecule has 106 valence electrons. The van der Waals surface area contributed by atoms with Crippen LogP contribution in [0.4, 0.5) is 5.69 Å². The van der Waals surface area contributed by atoms with Crippen molar-refractivity contribution in [1.82, 2.24) is 0 Å². The van der Waals surface area contributed by atoms with Gasteiger partial charge in [0, 0.05) is 18.8 Å². The summed E-state index contributed by atoms with van der Waals surface area (Å²) in [6, 6.07) is 5.28. The number of carboxylic acids is 1. The first-order chi connectivity index (χ1) is 8.85. The standard InChI is InChI=1S/C15H23NO3/c1-11-5-6-12(14(18)19)13(9-11)16-10-15(2,3)7-4-8-17/h5-6,9,16-17H,4,7-8,10H2,1-3H3,(H,18,19). The summed E-state index contributed by atoms with van der Waals surface area (Å²) in [4.78, 5) is 11.2. The minimum Gasteiger partial charge on any atom is -0.478 e. The minimum atomic E-state index is -0.921. The van der Waals surface area contributed by atoms with Crippen LogP contribution in [0.1, 0.15) is 42.6 Å². The van der Waals surface area contributed by atoms with Gasteiger partial charge in [-0.3, -0.25) is 0 Å². The number of aromatic carboxylic acids is 1. The average molecular weight is 265 g/mol. The first kappa shape index (κ1) is 15.5. The van der Waals surface area contributed by atoms with Crippen LogP contribution in [-0.4, -0.2) is 29.3 Å². The Morgan fingerprint density at radius 1 is 1.37 bits per heavy atom. The Morgan fingerprint density at radius 2 is 2.05 bits per heavy atom. The van der Waals surface area contributed by atoms with Crippen molar-refractivity contribution in [2.75, 3.05) is 18.5 Å². The summed E-state index contributed by atoms with van der Waals surface area (Å²) in [6.45, 7) is 7.01. The van der Waals surface area contributed by atoms with Crippen LogP contribution in [-0.2, 0) is 0 Å². The maximum atomic E-state index is 11.2. The molecule has 4 heteroatoms. The molecule has 1 aromatic rings. The largest absolute Gasteiger partial charge is 0.478 e. The number of hydrogen-bond donors (Lipinski definition) is 3. The predicted molar refractivity (Wildman–Crippen MR) is 76.7 cm³/mol. The van der Waals surface area contributed by atoms with Crippen molar-refractivity contribution in [3.8, 4) is 0 Å². The van der Waals surface area contributed by atoms with Crippen molar-refractivity contribution in [1.29, 1.82) is 0 Å². The second-order valence-electron chi connectivity index (χ2n) is 5.70. The summed E-state index contributed by atoms with van der Waals surface area (Å²) in [5.41, 5.74) is 2.00. The second-order valence-corrected chi connectivity index (χ2v) is 5.70. The zero-order chi connectivity index (χ0) is 14.5. The SMILES string of the molecule is Cc1ccc(C(=O)O)c(NCC(C)(C)CCCO)c1. The van der Waals surface area contributed by atoms with E-state index in [-0.39, 0.29) is 12.0 Å². The van der Waals surface area contributed by atoms with Crippen LogP contribution in [0.2, 0.25) is 0 Å². The molecule has 0 heterocycles. The van der Waals surface area contributed by atoms with E-state index in [4.69, 9.17) is 10.2 Å². The first-order valence-electron chi connectivity index (χ1n) is 6.54. The van der Waals surface area contributed by atoms with Crippen molar-refractivity contribution >= 4 is 11.7 Å². The maximum absolute atomic E-state index is 11.2. The molecule has 3 N–H and O–H groups in total. The molecule has 0 atom stereocenters. The number of rotatable bonds is 7. The zero-order valence-corrected chi connectivity index (χ0v) is 11.9. The van der Waals surface area contributed by atoms with Crippen LogP contribution in [0.25, 0.3) is 0 Å². The monoisotopic (exact) mass is 265 g/mol. The van der Waals surface area contributed by atoms with Crippen molar-refractivity contribution in [3.63, 3.8) is 0 Å². The van der Waals surface area contributed by atoms with Gasteiger partial charge in [0.15, 0.2) is 0 Å². The molecule has 0 saturated carbocycles. The molecule has 0 aromatic heterocycles. The summed E-state index contributed by atoms with van der Waals surface area (Å²) in [7, 11) is 0. The van der Waals surface area contributed by atoms with Gasteiger partial charge in [-0.2, -0.15) is 0 Å². The molecule has 4 nitrogen and oxygen atoms in total. The zero-order valence-electron chi connectivity index (χ0n) is 11.9. The van der Waals surface area contributed by atoms with E-state index >= 15 is 0 Å². The third-order valence-corrected chi connectivity index (χ3v) is 3.17. The number of hydrogen-bond acceptors (Lipinski definition) is 3. The molecular weight excluding hydrogens is 242 g/mol. The Morgan fingerprint density at radius 3 is 2.63 bits per heavy atom.